The minimum Gasteiger partial charge on any atom is -0.504 e. The monoisotopic (exact) mass is 211 g/mol. The number of phenolic OH excluding ortho intramolecular Hbond substituents is 1. The van der Waals surface area contributed by atoms with Crippen LogP contribution in [-0.4, -0.2) is 30.0 Å². The fourth-order valence-electron chi connectivity index (χ4n) is 1.29. The lowest BCUT2D eigenvalue weighted by atomic mass is 10.2. The second-order valence-electron chi connectivity index (χ2n) is 3.45. The zero-order valence-electron chi connectivity index (χ0n) is 9.03. The predicted octanol–water partition coefficient (Wildman–Crippen LogP) is 0.871. The molecule has 1 aromatic rings. The lowest BCUT2D eigenvalue weighted by Crippen LogP contribution is -2.23. The second kappa shape index (κ2) is 5.58. The number of hydrogen-bond acceptors (Lipinski definition) is 4. The molecule has 0 amide bonds. The van der Waals surface area contributed by atoms with Crippen LogP contribution in [0.1, 0.15) is 12.5 Å². The Morgan fingerprint density at radius 2 is 2.20 bits per heavy atom. The highest BCUT2D eigenvalue weighted by Crippen LogP contribution is 2.28. The van der Waals surface area contributed by atoms with E-state index >= 15 is 0 Å². The van der Waals surface area contributed by atoms with Gasteiger partial charge in [0.05, 0.1) is 13.2 Å². The fourth-order valence-corrected chi connectivity index (χ4v) is 1.29. The maximum absolute atomic E-state index is 9.73. The van der Waals surface area contributed by atoms with E-state index in [0.717, 1.165) is 5.56 Å². The van der Waals surface area contributed by atoms with Crippen molar-refractivity contribution < 1.29 is 14.9 Å². The minimum absolute atomic E-state index is 0.151. The molecule has 0 bridgehead atoms. The van der Waals surface area contributed by atoms with Crippen LogP contribution < -0.4 is 10.1 Å². The highest BCUT2D eigenvalue weighted by molar-refractivity contribution is 5.45. The molecule has 1 aromatic carbocycles. The van der Waals surface area contributed by atoms with Gasteiger partial charge < -0.3 is 20.3 Å². The minimum atomic E-state index is -0.391. The van der Waals surface area contributed by atoms with Crippen LogP contribution >= 0.6 is 0 Å². The molecular formula is C11H17NO3. The number of para-hydroxylation sites is 1. The SMILES string of the molecule is COc1cccc(CNC[C@H](C)O)c1O. The lowest BCUT2D eigenvalue weighted by molar-refractivity contribution is 0.191. The standard InChI is InChI=1S/C11H17NO3/c1-8(13)6-12-7-9-4-3-5-10(15-2)11(9)14/h3-5,8,12-14H,6-7H2,1-2H3/t8-/m0/s1. The lowest BCUT2D eigenvalue weighted by Gasteiger charge is -2.10. The summed E-state index contributed by atoms with van der Waals surface area (Å²) < 4.78 is 4.99. The summed E-state index contributed by atoms with van der Waals surface area (Å²) in [5.41, 5.74) is 0.759. The Hall–Kier alpha value is -1.26. The number of ether oxygens (including phenoxy) is 1. The largest absolute Gasteiger partial charge is 0.504 e. The summed E-state index contributed by atoms with van der Waals surface area (Å²) in [6.07, 6.45) is -0.391. The molecule has 4 heteroatoms. The quantitative estimate of drug-likeness (QED) is 0.676. The molecular weight excluding hydrogens is 194 g/mol. The molecule has 3 N–H and O–H groups in total. The number of benzene rings is 1. The predicted molar refractivity (Wildman–Crippen MR) is 58.0 cm³/mol. The van der Waals surface area contributed by atoms with Gasteiger partial charge in [0, 0.05) is 18.7 Å². The van der Waals surface area contributed by atoms with Crippen molar-refractivity contribution in [3.63, 3.8) is 0 Å². The van der Waals surface area contributed by atoms with Crippen LogP contribution in [0.25, 0.3) is 0 Å². The molecule has 0 saturated carbocycles. The van der Waals surface area contributed by atoms with Crippen LogP contribution in [0.3, 0.4) is 0 Å². The molecule has 0 aromatic heterocycles. The molecule has 84 valence electrons. The maximum atomic E-state index is 9.73. The van der Waals surface area contributed by atoms with E-state index in [9.17, 15) is 5.11 Å². The van der Waals surface area contributed by atoms with Crippen LogP contribution in [0.5, 0.6) is 11.5 Å². The molecule has 0 radical (unpaired) electrons. The first-order chi connectivity index (χ1) is 7.15. The first kappa shape index (κ1) is 11.8. The smallest absolute Gasteiger partial charge is 0.162 e. The Kier molecular flexibility index (Phi) is 4.39. The van der Waals surface area contributed by atoms with E-state index in [1.165, 1.54) is 7.11 Å². The summed E-state index contributed by atoms with van der Waals surface area (Å²) in [6, 6.07) is 5.33. The van der Waals surface area contributed by atoms with Gasteiger partial charge in [-0.25, -0.2) is 0 Å². The zero-order valence-corrected chi connectivity index (χ0v) is 9.03. The normalized spacial score (nSPS) is 12.5. The van der Waals surface area contributed by atoms with E-state index in [4.69, 9.17) is 9.84 Å². The van der Waals surface area contributed by atoms with Crippen molar-refractivity contribution in [2.45, 2.75) is 19.6 Å². The Morgan fingerprint density at radius 3 is 2.80 bits per heavy atom. The van der Waals surface area contributed by atoms with E-state index < -0.39 is 6.10 Å². The topological polar surface area (TPSA) is 61.7 Å². The fraction of sp³-hybridized carbons (Fsp3) is 0.455. The van der Waals surface area contributed by atoms with E-state index in [1.807, 2.05) is 12.1 Å². The number of hydrogen-bond donors (Lipinski definition) is 3. The molecule has 1 rings (SSSR count). The Labute approximate surface area is 89.5 Å². The molecule has 0 aliphatic rings. The summed E-state index contributed by atoms with van der Waals surface area (Å²) in [5.74, 6) is 0.615. The molecule has 1 atom stereocenters. The highest BCUT2D eigenvalue weighted by Gasteiger charge is 2.06. The van der Waals surface area contributed by atoms with Crippen molar-refractivity contribution in [2.24, 2.45) is 0 Å². The first-order valence-corrected chi connectivity index (χ1v) is 4.88. The summed E-state index contributed by atoms with van der Waals surface area (Å²) >= 11 is 0. The van der Waals surface area contributed by atoms with Crippen LogP contribution in [0.4, 0.5) is 0 Å². The van der Waals surface area contributed by atoms with Gasteiger partial charge >= 0.3 is 0 Å². The van der Waals surface area contributed by atoms with Crippen LogP contribution in [0.2, 0.25) is 0 Å². The van der Waals surface area contributed by atoms with Gasteiger partial charge in [-0.3, -0.25) is 0 Å². The number of phenols is 1. The van der Waals surface area contributed by atoms with Gasteiger partial charge in [-0.15, -0.1) is 0 Å². The zero-order chi connectivity index (χ0) is 11.3. The van der Waals surface area contributed by atoms with E-state index in [2.05, 4.69) is 5.32 Å². The van der Waals surface area contributed by atoms with Gasteiger partial charge in [-0.2, -0.15) is 0 Å². The van der Waals surface area contributed by atoms with Crippen LogP contribution in [0.15, 0.2) is 18.2 Å². The van der Waals surface area contributed by atoms with Gasteiger partial charge in [0.25, 0.3) is 0 Å². The van der Waals surface area contributed by atoms with Gasteiger partial charge in [0.15, 0.2) is 11.5 Å². The molecule has 0 aliphatic heterocycles. The molecule has 0 fully saturated rings. The van der Waals surface area contributed by atoms with Crippen molar-refractivity contribution in [1.29, 1.82) is 0 Å². The average molecular weight is 211 g/mol. The van der Waals surface area contributed by atoms with Crippen LogP contribution in [-0.2, 0) is 6.54 Å². The number of nitrogens with one attached hydrogen (secondary N) is 1. The highest BCUT2D eigenvalue weighted by atomic mass is 16.5. The third-order valence-corrected chi connectivity index (χ3v) is 2.06. The maximum Gasteiger partial charge on any atom is 0.162 e. The molecule has 0 spiro atoms. The molecule has 4 nitrogen and oxygen atoms in total. The van der Waals surface area contributed by atoms with Crippen molar-refractivity contribution in [2.75, 3.05) is 13.7 Å². The molecule has 0 aliphatic carbocycles. The summed E-state index contributed by atoms with van der Waals surface area (Å²) in [6.45, 7) is 2.71. The number of aliphatic hydroxyl groups is 1. The Bertz CT molecular complexity index is 313. The summed E-state index contributed by atoms with van der Waals surface area (Å²) in [4.78, 5) is 0. The van der Waals surface area contributed by atoms with Gasteiger partial charge in [0.1, 0.15) is 0 Å². The van der Waals surface area contributed by atoms with Gasteiger partial charge in [0.2, 0.25) is 0 Å². The molecule has 0 saturated heterocycles. The Balaban J connectivity index is 2.61. The van der Waals surface area contributed by atoms with E-state index in [-0.39, 0.29) is 5.75 Å². The Morgan fingerprint density at radius 1 is 1.47 bits per heavy atom. The molecule has 0 heterocycles. The van der Waals surface area contributed by atoms with Gasteiger partial charge in [-0.1, -0.05) is 12.1 Å². The summed E-state index contributed by atoms with van der Waals surface area (Å²) in [7, 11) is 1.52. The molecule has 0 unspecified atom stereocenters. The number of aromatic hydroxyl groups is 1. The average Bonchev–Trinajstić information content (AvgIpc) is 2.20. The van der Waals surface area contributed by atoms with Crippen molar-refractivity contribution in [1.82, 2.24) is 5.32 Å². The number of methoxy groups -OCH3 is 1. The van der Waals surface area contributed by atoms with E-state index in [1.54, 1.807) is 13.0 Å². The second-order valence-corrected chi connectivity index (χ2v) is 3.45. The first-order valence-electron chi connectivity index (χ1n) is 4.88. The van der Waals surface area contributed by atoms with Crippen molar-refractivity contribution in [3.05, 3.63) is 23.8 Å². The third kappa shape index (κ3) is 3.42. The summed E-state index contributed by atoms with van der Waals surface area (Å²) in [5, 5.41) is 21.8. The number of aliphatic hydroxyl groups excluding tert-OH is 1. The van der Waals surface area contributed by atoms with Gasteiger partial charge in [-0.05, 0) is 13.0 Å². The molecule has 15 heavy (non-hydrogen) atoms. The van der Waals surface area contributed by atoms with E-state index in [0.29, 0.717) is 18.8 Å². The van der Waals surface area contributed by atoms with Crippen molar-refractivity contribution >= 4 is 0 Å². The number of rotatable bonds is 5. The van der Waals surface area contributed by atoms with Crippen LogP contribution in [0, 0.1) is 0 Å². The van der Waals surface area contributed by atoms with Crippen molar-refractivity contribution in [3.8, 4) is 11.5 Å². The third-order valence-electron chi connectivity index (χ3n) is 2.06.